The number of nitrogens with zero attached hydrogens (tertiary/aromatic N) is 4. The first-order valence-electron chi connectivity index (χ1n) is 6.44. The van der Waals surface area contributed by atoms with Crippen LogP contribution in [0.2, 0.25) is 0 Å². The molecule has 2 rings (SSSR count). The number of aryl methyl sites for hydroxylation is 2. The number of carbonyl (C=O) groups is 1. The van der Waals surface area contributed by atoms with E-state index in [0.29, 0.717) is 5.69 Å². The van der Waals surface area contributed by atoms with Gasteiger partial charge < -0.3 is 0 Å². The van der Waals surface area contributed by atoms with Gasteiger partial charge in [0.2, 0.25) is 0 Å². The molecular formula is C13H15N5O3S. The largest absolute Gasteiger partial charge is 0.312 e. The molecule has 22 heavy (non-hydrogen) atoms. The van der Waals surface area contributed by atoms with Gasteiger partial charge in [-0.05, 0) is 37.8 Å². The normalized spacial score (nSPS) is 11.0. The molecule has 0 aliphatic carbocycles. The molecule has 0 unspecified atom stereocenters. The van der Waals surface area contributed by atoms with E-state index < -0.39 is 10.8 Å². The van der Waals surface area contributed by atoms with Crippen molar-refractivity contribution in [3.05, 3.63) is 43.4 Å². The van der Waals surface area contributed by atoms with E-state index in [1.807, 2.05) is 18.4 Å². The highest BCUT2D eigenvalue weighted by molar-refractivity contribution is 7.11. The second kappa shape index (κ2) is 6.48. The Bertz CT molecular complexity index is 747. The maximum atomic E-state index is 11.8. The van der Waals surface area contributed by atoms with Gasteiger partial charge in [-0.15, -0.1) is 11.3 Å². The number of amides is 1. The molecule has 8 nitrogen and oxygen atoms in total. The number of carbonyl (C=O) groups excluding carboxylic acids is 1. The lowest BCUT2D eigenvalue weighted by molar-refractivity contribution is -0.386. The molecule has 0 fully saturated rings. The van der Waals surface area contributed by atoms with Gasteiger partial charge in [0.1, 0.15) is 17.9 Å². The first-order chi connectivity index (χ1) is 10.4. The van der Waals surface area contributed by atoms with Crippen molar-refractivity contribution in [3.63, 3.8) is 0 Å². The molecule has 0 aliphatic rings. The molecule has 0 atom stereocenters. The van der Waals surface area contributed by atoms with Gasteiger partial charge in [0, 0.05) is 4.88 Å². The Labute approximate surface area is 130 Å². The summed E-state index contributed by atoms with van der Waals surface area (Å²) in [5.41, 5.74) is 4.03. The van der Waals surface area contributed by atoms with Crippen molar-refractivity contribution >= 4 is 29.1 Å². The van der Waals surface area contributed by atoms with Crippen LogP contribution < -0.4 is 5.43 Å². The zero-order valence-corrected chi connectivity index (χ0v) is 13.2. The molecule has 0 saturated heterocycles. The van der Waals surface area contributed by atoms with E-state index in [0.717, 1.165) is 10.4 Å². The number of nitro groups is 1. The van der Waals surface area contributed by atoms with Gasteiger partial charge in [0.25, 0.3) is 5.91 Å². The molecule has 0 aliphatic heterocycles. The predicted molar refractivity (Wildman–Crippen MR) is 83.1 cm³/mol. The first-order valence-corrected chi connectivity index (χ1v) is 7.32. The van der Waals surface area contributed by atoms with Gasteiger partial charge >= 0.3 is 5.69 Å². The lowest BCUT2D eigenvalue weighted by atomic mass is 10.3. The monoisotopic (exact) mass is 321 g/mol. The second-order valence-electron chi connectivity index (χ2n) is 4.70. The van der Waals surface area contributed by atoms with Crippen molar-refractivity contribution in [1.82, 2.24) is 15.2 Å². The molecule has 2 aromatic rings. The highest BCUT2D eigenvalue weighted by Crippen LogP contribution is 2.21. The van der Waals surface area contributed by atoms with Crippen molar-refractivity contribution in [2.24, 2.45) is 5.10 Å². The highest BCUT2D eigenvalue weighted by Gasteiger charge is 2.22. The predicted octanol–water partition coefficient (Wildman–Crippen LogP) is 1.93. The van der Waals surface area contributed by atoms with Crippen LogP contribution in [0.15, 0.2) is 16.5 Å². The lowest BCUT2D eigenvalue weighted by Crippen LogP contribution is -2.24. The third kappa shape index (κ3) is 3.37. The van der Waals surface area contributed by atoms with Crippen molar-refractivity contribution in [1.29, 1.82) is 0 Å². The summed E-state index contributed by atoms with van der Waals surface area (Å²) in [5.74, 6) is -0.397. The van der Waals surface area contributed by atoms with E-state index in [9.17, 15) is 14.9 Å². The number of rotatable bonds is 5. The van der Waals surface area contributed by atoms with Crippen molar-refractivity contribution < 1.29 is 9.72 Å². The average molecular weight is 321 g/mol. The van der Waals surface area contributed by atoms with Gasteiger partial charge in [-0.25, -0.2) is 5.43 Å². The summed E-state index contributed by atoms with van der Waals surface area (Å²) in [6.45, 7) is 4.93. The number of nitrogens with one attached hydrogen (secondary N) is 1. The molecule has 2 heterocycles. The summed E-state index contributed by atoms with van der Waals surface area (Å²) in [4.78, 5) is 23.2. The number of aromatic nitrogens is 2. The minimum absolute atomic E-state index is 0.0643. The Morgan fingerprint density at radius 2 is 2.27 bits per heavy atom. The van der Waals surface area contributed by atoms with Crippen LogP contribution in [-0.2, 0) is 11.3 Å². The van der Waals surface area contributed by atoms with Crippen LogP contribution in [0.5, 0.6) is 0 Å². The number of hydrazone groups is 1. The molecule has 0 radical (unpaired) electrons. The minimum atomic E-state index is -0.496. The van der Waals surface area contributed by atoms with Crippen molar-refractivity contribution in [3.8, 4) is 0 Å². The summed E-state index contributed by atoms with van der Waals surface area (Å²) in [6, 6.07) is 1.96. The minimum Gasteiger partial charge on any atom is -0.271 e. The van der Waals surface area contributed by atoms with Crippen LogP contribution >= 0.6 is 11.3 Å². The van der Waals surface area contributed by atoms with Gasteiger partial charge in [0.15, 0.2) is 0 Å². The van der Waals surface area contributed by atoms with Crippen molar-refractivity contribution in [2.75, 3.05) is 0 Å². The molecule has 9 heteroatoms. The molecule has 1 N–H and O–H groups in total. The molecule has 0 aromatic carbocycles. The van der Waals surface area contributed by atoms with E-state index in [1.54, 1.807) is 13.1 Å². The Kier molecular flexibility index (Phi) is 4.66. The highest BCUT2D eigenvalue weighted by atomic mass is 32.1. The van der Waals surface area contributed by atoms with E-state index in [-0.39, 0.29) is 17.9 Å². The SMILES string of the molecule is Cc1ccsc1/C=N/NC(=O)Cn1nc(C)c([N+](=O)[O-])c1C. The maximum absolute atomic E-state index is 11.8. The zero-order valence-electron chi connectivity index (χ0n) is 12.4. The average Bonchev–Trinajstić information content (AvgIpc) is 2.94. The number of hydrogen-bond acceptors (Lipinski definition) is 6. The molecule has 1 amide bonds. The van der Waals surface area contributed by atoms with Crippen LogP contribution in [0.3, 0.4) is 0 Å². The Balaban J connectivity index is 2.01. The fourth-order valence-electron chi connectivity index (χ4n) is 1.96. The van der Waals surface area contributed by atoms with E-state index in [1.165, 1.54) is 22.9 Å². The van der Waals surface area contributed by atoms with Crippen molar-refractivity contribution in [2.45, 2.75) is 27.3 Å². The van der Waals surface area contributed by atoms with Gasteiger partial charge in [0.05, 0.1) is 11.1 Å². The number of hydrogen-bond donors (Lipinski definition) is 1. The second-order valence-corrected chi connectivity index (χ2v) is 5.64. The molecule has 0 spiro atoms. The maximum Gasteiger partial charge on any atom is 0.312 e. The van der Waals surface area contributed by atoms with Gasteiger partial charge in [-0.3, -0.25) is 19.6 Å². The Hall–Kier alpha value is -2.55. The van der Waals surface area contributed by atoms with E-state index >= 15 is 0 Å². The van der Waals surface area contributed by atoms with E-state index in [2.05, 4.69) is 15.6 Å². The van der Waals surface area contributed by atoms with Crippen LogP contribution in [0.4, 0.5) is 5.69 Å². The first kappa shape index (κ1) is 15.8. The Morgan fingerprint density at radius 1 is 1.55 bits per heavy atom. The van der Waals surface area contributed by atoms with Gasteiger partial charge in [-0.1, -0.05) is 0 Å². The van der Waals surface area contributed by atoms with E-state index in [4.69, 9.17) is 0 Å². The third-order valence-electron chi connectivity index (χ3n) is 3.09. The zero-order chi connectivity index (χ0) is 16.3. The smallest absolute Gasteiger partial charge is 0.271 e. The summed E-state index contributed by atoms with van der Waals surface area (Å²) in [7, 11) is 0. The molecule has 116 valence electrons. The molecule has 0 bridgehead atoms. The van der Waals surface area contributed by atoms with Crippen LogP contribution in [0.1, 0.15) is 21.8 Å². The molecular weight excluding hydrogens is 306 g/mol. The Morgan fingerprint density at radius 3 is 2.82 bits per heavy atom. The molecule has 2 aromatic heterocycles. The summed E-state index contributed by atoms with van der Waals surface area (Å²) >= 11 is 1.52. The molecule has 0 saturated carbocycles. The van der Waals surface area contributed by atoms with Crippen LogP contribution in [0, 0.1) is 30.9 Å². The summed E-state index contributed by atoms with van der Waals surface area (Å²) < 4.78 is 1.30. The summed E-state index contributed by atoms with van der Waals surface area (Å²) in [5, 5.41) is 20.7. The fourth-order valence-corrected chi connectivity index (χ4v) is 2.74. The van der Waals surface area contributed by atoms with Gasteiger partial charge in [-0.2, -0.15) is 10.2 Å². The summed E-state index contributed by atoms with van der Waals surface area (Å²) in [6.07, 6.45) is 1.57. The fraction of sp³-hybridized carbons (Fsp3) is 0.308. The van der Waals surface area contributed by atoms with Crippen LogP contribution in [-0.4, -0.2) is 26.8 Å². The number of thiophene rings is 1. The standard InChI is InChI=1S/C13H15N5O3S/c1-8-4-5-22-11(8)6-14-15-12(19)7-17-10(3)13(18(20)21)9(2)16-17/h4-6H,7H2,1-3H3,(H,15,19)/b14-6+. The topological polar surface area (TPSA) is 102 Å². The van der Waals surface area contributed by atoms with Crippen LogP contribution in [0.25, 0.3) is 0 Å². The quantitative estimate of drug-likeness (QED) is 0.516. The third-order valence-corrected chi connectivity index (χ3v) is 4.05. The lowest BCUT2D eigenvalue weighted by Gasteiger charge is -2.02.